The number of ether oxygens (including phenoxy) is 1. The number of hydrogen-bond acceptors (Lipinski definition) is 3. The summed E-state index contributed by atoms with van der Waals surface area (Å²) in [4.78, 5) is 6.68. The summed E-state index contributed by atoms with van der Waals surface area (Å²) < 4.78 is 7.75. The molecule has 0 amide bonds. The highest BCUT2D eigenvalue weighted by Gasteiger charge is 2.50. The van der Waals surface area contributed by atoms with Gasteiger partial charge in [-0.05, 0) is 43.2 Å². The lowest BCUT2D eigenvalue weighted by Gasteiger charge is -2.39. The molecule has 2 aliphatic heterocycles. The molecule has 2 atom stereocenters. The van der Waals surface area contributed by atoms with E-state index in [2.05, 4.69) is 52.7 Å². The van der Waals surface area contributed by atoms with Gasteiger partial charge in [0.25, 0.3) is 0 Å². The van der Waals surface area contributed by atoms with Gasteiger partial charge in [0.15, 0.2) is 0 Å². The van der Waals surface area contributed by atoms with Gasteiger partial charge in [0, 0.05) is 13.3 Å². The maximum atomic E-state index is 5.68. The molecule has 1 spiro atoms. The Labute approximate surface area is 129 Å². The Morgan fingerprint density at radius 3 is 2.90 bits per heavy atom. The topological polar surface area (TPSA) is 30.3 Å². The van der Waals surface area contributed by atoms with Crippen LogP contribution in [-0.2, 0) is 4.74 Å². The molecule has 21 heavy (non-hydrogen) atoms. The fourth-order valence-corrected chi connectivity index (χ4v) is 4.01. The van der Waals surface area contributed by atoms with E-state index in [0.29, 0.717) is 0 Å². The second kappa shape index (κ2) is 4.08. The van der Waals surface area contributed by atoms with Crippen molar-refractivity contribution < 1.29 is 4.74 Å². The average molecular weight is 298 g/mol. The zero-order valence-corrected chi connectivity index (χ0v) is 13.0. The molecule has 0 aromatic carbocycles. The van der Waals surface area contributed by atoms with Crippen molar-refractivity contribution in [2.24, 2.45) is 0 Å². The molecule has 5 heteroatoms. The van der Waals surface area contributed by atoms with Crippen LogP contribution in [0.4, 0.5) is 5.95 Å². The van der Waals surface area contributed by atoms with Crippen molar-refractivity contribution >= 4 is 24.3 Å². The van der Waals surface area contributed by atoms with E-state index in [1.807, 2.05) is 6.08 Å². The molecule has 0 N–H and O–H groups in total. The lowest BCUT2D eigenvalue weighted by atomic mass is 9.80. The zero-order valence-electron chi connectivity index (χ0n) is 12.2. The smallest absolute Gasteiger partial charge is 0.216 e. The highest BCUT2D eigenvalue weighted by molar-refractivity contribution is 7.80. The summed E-state index contributed by atoms with van der Waals surface area (Å²) in [5.74, 6) is 0.871. The van der Waals surface area contributed by atoms with Crippen LogP contribution in [0.3, 0.4) is 0 Å². The molecule has 1 radical (unpaired) electrons. The molecule has 0 fully saturated rings. The fraction of sp³-hybridized carbons (Fsp3) is 0.312. The number of aromatic nitrogens is 2. The fourth-order valence-electron chi connectivity index (χ4n) is 3.78. The summed E-state index contributed by atoms with van der Waals surface area (Å²) in [6.07, 6.45) is 12.4. The number of methoxy groups -OCH3 is 1. The average Bonchev–Trinajstić information content (AvgIpc) is 2.95. The highest BCUT2D eigenvalue weighted by atomic mass is 32.1. The van der Waals surface area contributed by atoms with Gasteiger partial charge >= 0.3 is 0 Å². The molecule has 0 saturated heterocycles. The predicted octanol–water partition coefficient (Wildman–Crippen LogP) is 3.29. The number of nitrogens with zero attached hydrogens (tertiary/aromatic N) is 3. The van der Waals surface area contributed by atoms with Gasteiger partial charge in [0.2, 0.25) is 5.95 Å². The second-order valence-corrected chi connectivity index (χ2v) is 6.08. The van der Waals surface area contributed by atoms with E-state index >= 15 is 0 Å². The van der Waals surface area contributed by atoms with Gasteiger partial charge in [-0.1, -0.05) is 18.7 Å². The van der Waals surface area contributed by atoms with Gasteiger partial charge in [-0.15, -0.1) is 0 Å². The number of anilines is 1. The quantitative estimate of drug-likeness (QED) is 0.745. The summed E-state index contributed by atoms with van der Waals surface area (Å²) in [5, 5.41) is 0.734. The Hall–Kier alpha value is -1.85. The van der Waals surface area contributed by atoms with Crippen LogP contribution in [-0.4, -0.2) is 28.3 Å². The molecule has 0 bridgehead atoms. The molecule has 107 valence electrons. The highest BCUT2D eigenvalue weighted by Crippen LogP contribution is 2.51. The predicted molar refractivity (Wildman–Crippen MR) is 85.0 cm³/mol. The molecule has 4 nitrogen and oxygen atoms in total. The van der Waals surface area contributed by atoms with Crippen molar-refractivity contribution in [2.75, 3.05) is 12.0 Å². The van der Waals surface area contributed by atoms with Gasteiger partial charge in [-0.25, -0.2) is 4.98 Å². The van der Waals surface area contributed by atoms with Crippen molar-refractivity contribution in [3.05, 3.63) is 47.8 Å². The number of rotatable bonds is 1. The monoisotopic (exact) mass is 298 g/mol. The van der Waals surface area contributed by atoms with E-state index in [-0.39, 0.29) is 11.6 Å². The summed E-state index contributed by atoms with van der Waals surface area (Å²) in [5.41, 5.74) is 3.22. The maximum absolute atomic E-state index is 5.68. The Morgan fingerprint density at radius 1 is 1.33 bits per heavy atom. The van der Waals surface area contributed by atoms with E-state index in [1.165, 1.54) is 11.1 Å². The summed E-state index contributed by atoms with van der Waals surface area (Å²) in [7, 11) is 1.75. The Kier molecular flexibility index (Phi) is 2.50. The van der Waals surface area contributed by atoms with Gasteiger partial charge in [-0.2, -0.15) is 0 Å². The summed E-state index contributed by atoms with van der Waals surface area (Å²) in [6, 6.07) is 0. The first-order valence-corrected chi connectivity index (χ1v) is 7.35. The second-order valence-electron chi connectivity index (χ2n) is 5.66. The number of imidazole rings is 1. The largest absolute Gasteiger partial charge is 0.373 e. The van der Waals surface area contributed by atoms with Crippen molar-refractivity contribution in [1.29, 1.82) is 0 Å². The third kappa shape index (κ3) is 1.40. The lowest BCUT2D eigenvalue weighted by molar-refractivity contribution is 0.157. The maximum Gasteiger partial charge on any atom is 0.216 e. The van der Waals surface area contributed by atoms with Gasteiger partial charge < -0.3 is 4.74 Å². The standard InChI is InChI=1S/C16H16N3OS/c1-10-8-16-6-4-5-7-18(16)15-17-9-12(21)19(15)14(16)11(2)13(10)20-3/h4-9,13H,1-3H3. The van der Waals surface area contributed by atoms with Crippen molar-refractivity contribution in [3.8, 4) is 0 Å². The van der Waals surface area contributed by atoms with Crippen LogP contribution in [0.1, 0.15) is 13.8 Å². The Balaban J connectivity index is 2.07. The third-order valence-electron chi connectivity index (χ3n) is 4.49. The van der Waals surface area contributed by atoms with Crippen LogP contribution in [0.5, 0.6) is 0 Å². The lowest BCUT2D eigenvalue weighted by Crippen LogP contribution is -2.44. The minimum atomic E-state index is -0.324. The summed E-state index contributed by atoms with van der Waals surface area (Å²) in [6.45, 7) is 4.24. The molecule has 1 aliphatic carbocycles. The Morgan fingerprint density at radius 2 is 2.14 bits per heavy atom. The minimum absolute atomic E-state index is 0.00506. The van der Waals surface area contributed by atoms with Crippen molar-refractivity contribution in [2.45, 2.75) is 30.5 Å². The summed E-state index contributed by atoms with van der Waals surface area (Å²) >= 11 is 5.49. The molecular formula is C16H16N3OS. The first kappa shape index (κ1) is 12.9. The van der Waals surface area contributed by atoms with E-state index < -0.39 is 0 Å². The van der Waals surface area contributed by atoms with Gasteiger partial charge in [0.05, 0.1) is 11.9 Å². The third-order valence-corrected chi connectivity index (χ3v) is 4.78. The first-order chi connectivity index (χ1) is 10.1. The number of allylic oxidation sites excluding steroid dienone is 2. The van der Waals surface area contributed by atoms with Gasteiger partial charge in [0.1, 0.15) is 16.7 Å². The van der Waals surface area contributed by atoms with Crippen molar-refractivity contribution in [1.82, 2.24) is 9.55 Å². The van der Waals surface area contributed by atoms with Crippen LogP contribution in [0, 0.1) is 0 Å². The molecule has 1 aromatic heterocycles. The molecule has 3 heterocycles. The molecule has 2 unspecified atom stereocenters. The molecule has 1 aromatic rings. The number of hydrogen-bond donors (Lipinski definition) is 0. The minimum Gasteiger partial charge on any atom is -0.373 e. The van der Waals surface area contributed by atoms with Crippen LogP contribution in [0.15, 0.2) is 52.9 Å². The van der Waals surface area contributed by atoms with E-state index in [4.69, 9.17) is 17.4 Å². The zero-order chi connectivity index (χ0) is 14.8. The van der Waals surface area contributed by atoms with Crippen LogP contribution < -0.4 is 4.90 Å². The SMILES string of the molecule is COC1C(C)=CC23C=CC=CN2c2ncc([S])n2C3=C1C. The molecular weight excluding hydrogens is 282 g/mol. The van der Waals surface area contributed by atoms with E-state index in [0.717, 1.165) is 16.7 Å². The van der Waals surface area contributed by atoms with Crippen LogP contribution >= 0.6 is 12.6 Å². The normalized spacial score (nSPS) is 29.4. The van der Waals surface area contributed by atoms with Crippen LogP contribution in [0.25, 0.3) is 5.70 Å². The molecule has 0 saturated carbocycles. The van der Waals surface area contributed by atoms with Crippen molar-refractivity contribution in [3.63, 3.8) is 0 Å². The Bertz CT molecular complexity index is 756. The first-order valence-electron chi connectivity index (χ1n) is 6.94. The van der Waals surface area contributed by atoms with E-state index in [9.17, 15) is 0 Å². The molecule has 4 rings (SSSR count). The molecule has 3 aliphatic rings. The van der Waals surface area contributed by atoms with E-state index in [1.54, 1.807) is 13.3 Å². The number of fused-ring (bicyclic) bond motifs is 3. The van der Waals surface area contributed by atoms with Gasteiger partial charge in [-0.3, -0.25) is 9.47 Å². The van der Waals surface area contributed by atoms with Crippen LogP contribution in [0.2, 0.25) is 0 Å².